The van der Waals surface area contributed by atoms with Gasteiger partial charge in [-0.15, -0.1) is 11.3 Å². The van der Waals surface area contributed by atoms with E-state index in [9.17, 15) is 9.59 Å². The number of hydrogen-bond acceptors (Lipinski definition) is 4. The first-order chi connectivity index (χ1) is 16.0. The zero-order chi connectivity index (χ0) is 22.6. The molecule has 0 radical (unpaired) electrons. The lowest BCUT2D eigenvalue weighted by Gasteiger charge is -2.55. The Morgan fingerprint density at radius 2 is 1.73 bits per heavy atom. The molecule has 4 fully saturated rings. The smallest absolute Gasteiger partial charge is 0.341 e. The highest BCUT2D eigenvalue weighted by atomic mass is 32.1. The van der Waals surface area contributed by atoms with E-state index in [0.29, 0.717) is 18.1 Å². The summed E-state index contributed by atoms with van der Waals surface area (Å²) in [5, 5.41) is 4.03. The second kappa shape index (κ2) is 8.26. The van der Waals surface area contributed by atoms with Crippen LogP contribution in [0.25, 0.3) is 0 Å². The molecule has 33 heavy (non-hydrogen) atoms. The van der Waals surface area contributed by atoms with Gasteiger partial charge in [0, 0.05) is 4.88 Å². The molecule has 1 N–H and O–H groups in total. The summed E-state index contributed by atoms with van der Waals surface area (Å²) < 4.78 is 5.45. The number of ether oxygens (including phenoxy) is 1. The summed E-state index contributed by atoms with van der Waals surface area (Å²) in [4.78, 5) is 28.0. The number of esters is 1. The highest BCUT2D eigenvalue weighted by Gasteiger charge is 2.54. The minimum absolute atomic E-state index is 0.158. The van der Waals surface area contributed by atoms with Crippen molar-refractivity contribution < 1.29 is 14.3 Å². The van der Waals surface area contributed by atoms with E-state index in [2.05, 4.69) is 35.6 Å². The molecule has 5 aliphatic carbocycles. The van der Waals surface area contributed by atoms with Crippen molar-refractivity contribution in [3.8, 4) is 0 Å². The maximum absolute atomic E-state index is 13.7. The van der Waals surface area contributed by atoms with Crippen LogP contribution in [-0.2, 0) is 22.4 Å². The number of anilines is 1. The van der Waals surface area contributed by atoms with Crippen LogP contribution >= 0.6 is 11.3 Å². The Hall–Kier alpha value is -2.14. The summed E-state index contributed by atoms with van der Waals surface area (Å²) in [6.07, 6.45) is 9.82. The number of hydrogen-bond donors (Lipinski definition) is 1. The van der Waals surface area contributed by atoms with E-state index in [1.54, 1.807) is 11.3 Å². The standard InChI is InChI=1S/C28H33NO3S/c1-2-32-26(30)24-22-9-8-21(20-6-4-3-5-7-20)13-23(22)33-25(24)29-27(31)28-14-17-10-18(15-28)12-19(11-17)16-28/h3-7,17-19,21H,2,8-16H2,1H3,(H,29,31)/t17?,18?,19?,21-,28?/m0/s1. The number of thiophene rings is 1. The maximum atomic E-state index is 13.7. The summed E-state index contributed by atoms with van der Waals surface area (Å²) >= 11 is 1.61. The third kappa shape index (κ3) is 3.73. The Labute approximate surface area is 200 Å². The van der Waals surface area contributed by atoms with E-state index in [1.807, 2.05) is 6.92 Å². The van der Waals surface area contributed by atoms with Crippen molar-refractivity contribution in [1.29, 1.82) is 0 Å². The van der Waals surface area contributed by atoms with Gasteiger partial charge in [-0.1, -0.05) is 30.3 Å². The fourth-order valence-electron chi connectivity index (χ4n) is 7.73. The Morgan fingerprint density at radius 3 is 2.36 bits per heavy atom. The third-order valence-corrected chi connectivity index (χ3v) is 9.93. The van der Waals surface area contributed by atoms with Gasteiger partial charge in [-0.25, -0.2) is 4.79 Å². The lowest BCUT2D eigenvalue weighted by Crippen LogP contribution is -2.51. The number of carbonyl (C=O) groups excluding carboxylic acids is 2. The molecule has 1 aromatic heterocycles. The minimum Gasteiger partial charge on any atom is -0.462 e. The quantitative estimate of drug-likeness (QED) is 0.526. The lowest BCUT2D eigenvalue weighted by atomic mass is 9.49. The van der Waals surface area contributed by atoms with Crippen LogP contribution in [0.4, 0.5) is 5.00 Å². The zero-order valence-corrected chi connectivity index (χ0v) is 20.2. The monoisotopic (exact) mass is 463 g/mol. The minimum atomic E-state index is -0.283. The van der Waals surface area contributed by atoms with Crippen LogP contribution < -0.4 is 5.32 Å². The summed E-state index contributed by atoms with van der Waals surface area (Å²) in [6, 6.07) is 10.7. The number of benzene rings is 1. The van der Waals surface area contributed by atoms with Gasteiger partial charge in [0.1, 0.15) is 5.00 Å². The van der Waals surface area contributed by atoms with Crippen molar-refractivity contribution in [2.24, 2.45) is 23.2 Å². The second-order valence-electron chi connectivity index (χ2n) is 10.9. The number of rotatable bonds is 5. The number of carbonyl (C=O) groups is 2. The second-order valence-corrected chi connectivity index (χ2v) is 12.0. The van der Waals surface area contributed by atoms with Crippen molar-refractivity contribution in [2.45, 2.75) is 70.6 Å². The molecule has 0 aliphatic heterocycles. The van der Waals surface area contributed by atoms with Crippen molar-refractivity contribution in [3.63, 3.8) is 0 Å². The molecule has 4 saturated carbocycles. The normalized spacial score (nSPS) is 31.8. The average Bonchev–Trinajstić information content (AvgIpc) is 3.16. The predicted octanol–water partition coefficient (Wildman–Crippen LogP) is 6.35. The summed E-state index contributed by atoms with van der Waals surface area (Å²) in [6.45, 7) is 2.19. The summed E-state index contributed by atoms with van der Waals surface area (Å²) in [5.74, 6) is 2.48. The largest absolute Gasteiger partial charge is 0.462 e. The molecule has 4 nitrogen and oxygen atoms in total. The fraction of sp³-hybridized carbons (Fsp3) is 0.571. The fourth-order valence-corrected chi connectivity index (χ4v) is 9.04. The predicted molar refractivity (Wildman–Crippen MR) is 131 cm³/mol. The van der Waals surface area contributed by atoms with Crippen LogP contribution in [0.2, 0.25) is 0 Å². The van der Waals surface area contributed by atoms with E-state index >= 15 is 0 Å². The third-order valence-electron chi connectivity index (χ3n) is 8.76. The Morgan fingerprint density at radius 1 is 1.06 bits per heavy atom. The van der Waals surface area contributed by atoms with Crippen LogP contribution in [-0.4, -0.2) is 18.5 Å². The molecule has 174 valence electrons. The Balaban J connectivity index is 1.30. The first-order valence-corrected chi connectivity index (χ1v) is 13.5. The number of amides is 1. The highest BCUT2D eigenvalue weighted by molar-refractivity contribution is 7.17. The Kier molecular flexibility index (Phi) is 5.36. The molecule has 2 aromatic rings. The van der Waals surface area contributed by atoms with Gasteiger partial charge >= 0.3 is 5.97 Å². The van der Waals surface area contributed by atoms with E-state index in [-0.39, 0.29) is 17.3 Å². The molecule has 5 heteroatoms. The van der Waals surface area contributed by atoms with Crippen LogP contribution in [0.1, 0.15) is 84.1 Å². The molecular formula is C28H33NO3S. The molecule has 1 atom stereocenters. The van der Waals surface area contributed by atoms with Crippen LogP contribution in [0, 0.1) is 23.2 Å². The number of fused-ring (bicyclic) bond motifs is 1. The van der Waals surface area contributed by atoms with Gasteiger partial charge in [0.15, 0.2) is 0 Å². The average molecular weight is 464 g/mol. The molecule has 7 rings (SSSR count). The summed E-state index contributed by atoms with van der Waals surface area (Å²) in [7, 11) is 0. The molecule has 1 aromatic carbocycles. The van der Waals surface area contributed by atoms with E-state index in [4.69, 9.17) is 4.74 Å². The molecule has 0 saturated heterocycles. The van der Waals surface area contributed by atoms with E-state index in [0.717, 1.165) is 66.8 Å². The topological polar surface area (TPSA) is 55.4 Å². The van der Waals surface area contributed by atoms with Crippen molar-refractivity contribution in [3.05, 3.63) is 51.9 Å². The van der Waals surface area contributed by atoms with Crippen molar-refractivity contribution in [2.75, 3.05) is 11.9 Å². The SMILES string of the molecule is CCOC(=O)c1c(NC(=O)C23CC4CC(CC(C4)C2)C3)sc2c1CC[C@H](c1ccccc1)C2. The van der Waals surface area contributed by atoms with Crippen LogP contribution in [0.3, 0.4) is 0 Å². The van der Waals surface area contributed by atoms with Gasteiger partial charge in [0.05, 0.1) is 17.6 Å². The molecule has 1 amide bonds. The van der Waals surface area contributed by atoms with Gasteiger partial charge in [0.2, 0.25) is 5.91 Å². The van der Waals surface area contributed by atoms with Crippen molar-refractivity contribution >= 4 is 28.2 Å². The van der Waals surface area contributed by atoms with E-state index in [1.165, 1.54) is 29.7 Å². The van der Waals surface area contributed by atoms with Crippen molar-refractivity contribution in [1.82, 2.24) is 0 Å². The Bertz CT molecular complexity index is 1040. The maximum Gasteiger partial charge on any atom is 0.341 e. The van der Waals surface area contributed by atoms with Gasteiger partial charge in [-0.2, -0.15) is 0 Å². The van der Waals surface area contributed by atoms with E-state index < -0.39 is 0 Å². The van der Waals surface area contributed by atoms with Gasteiger partial charge in [-0.05, 0) is 99.5 Å². The summed E-state index contributed by atoms with van der Waals surface area (Å²) in [5.41, 5.74) is 2.86. The first-order valence-electron chi connectivity index (χ1n) is 12.7. The molecule has 0 unspecified atom stereocenters. The van der Waals surface area contributed by atoms with Gasteiger partial charge < -0.3 is 10.1 Å². The molecule has 0 spiro atoms. The van der Waals surface area contributed by atoms with Gasteiger partial charge in [-0.3, -0.25) is 4.79 Å². The lowest BCUT2D eigenvalue weighted by molar-refractivity contribution is -0.140. The molecule has 5 aliphatic rings. The highest BCUT2D eigenvalue weighted by Crippen LogP contribution is 2.60. The van der Waals surface area contributed by atoms with Gasteiger partial charge in [0.25, 0.3) is 0 Å². The number of nitrogens with one attached hydrogen (secondary N) is 1. The molecular weight excluding hydrogens is 430 g/mol. The van der Waals surface area contributed by atoms with Crippen LogP contribution in [0.15, 0.2) is 30.3 Å². The molecule has 4 bridgehead atoms. The van der Waals surface area contributed by atoms with Crippen LogP contribution in [0.5, 0.6) is 0 Å². The molecule has 1 heterocycles. The zero-order valence-electron chi connectivity index (χ0n) is 19.4. The first kappa shape index (κ1) is 21.4.